The summed E-state index contributed by atoms with van der Waals surface area (Å²) in [5.41, 5.74) is 0.912. The molecule has 3 saturated carbocycles. The summed E-state index contributed by atoms with van der Waals surface area (Å²) in [6.45, 7) is 0.624. The highest BCUT2D eigenvalue weighted by Gasteiger charge is 2.50. The van der Waals surface area contributed by atoms with Crippen LogP contribution in [-0.4, -0.2) is 26.9 Å². The Kier molecular flexibility index (Phi) is 4.78. The number of nitrogens with zero attached hydrogens (tertiary/aromatic N) is 4. The molecule has 0 saturated heterocycles. The lowest BCUT2D eigenvalue weighted by atomic mass is 9.55. The maximum Gasteiger partial charge on any atom is 0.246 e. The van der Waals surface area contributed by atoms with Gasteiger partial charge in [-0.1, -0.05) is 6.07 Å². The predicted octanol–water partition coefficient (Wildman–Crippen LogP) is 5.08. The largest absolute Gasteiger partial charge is 0.273 e. The van der Waals surface area contributed by atoms with Crippen LogP contribution >= 0.6 is 0 Å². The van der Waals surface area contributed by atoms with Gasteiger partial charge >= 0.3 is 0 Å². The van der Waals surface area contributed by atoms with E-state index in [1.165, 1.54) is 11.1 Å². The first-order valence-electron chi connectivity index (χ1n) is 11.4. The summed E-state index contributed by atoms with van der Waals surface area (Å²) in [4.78, 5) is 13.5. The van der Waals surface area contributed by atoms with E-state index in [1.54, 1.807) is 18.5 Å². The predicted molar refractivity (Wildman–Crippen MR) is 117 cm³/mol. The van der Waals surface area contributed by atoms with E-state index in [2.05, 4.69) is 10.2 Å². The highest BCUT2D eigenvalue weighted by atomic mass is 19.1. The van der Waals surface area contributed by atoms with Crippen molar-refractivity contribution in [2.75, 3.05) is 0 Å². The van der Waals surface area contributed by atoms with Crippen LogP contribution in [0.4, 0.5) is 13.2 Å². The van der Waals surface area contributed by atoms with E-state index in [4.69, 9.17) is 0 Å². The van der Waals surface area contributed by atoms with Crippen LogP contribution in [0, 0.1) is 41.1 Å². The second-order valence-corrected chi connectivity index (χ2v) is 9.49. The lowest BCUT2D eigenvalue weighted by molar-refractivity contribution is -0.147. The molecule has 2 aromatic carbocycles. The number of hydrazone groups is 1. The minimum absolute atomic E-state index is 0.123. The van der Waals surface area contributed by atoms with E-state index >= 15 is 0 Å². The van der Waals surface area contributed by atoms with Gasteiger partial charge in [0, 0.05) is 30.7 Å². The fourth-order valence-electron chi connectivity index (χ4n) is 5.92. The number of aromatic nitrogens is 2. The number of hydrogen-bond acceptors (Lipinski definition) is 3. The van der Waals surface area contributed by atoms with Gasteiger partial charge in [-0.15, -0.1) is 0 Å². The van der Waals surface area contributed by atoms with Gasteiger partial charge in [-0.05, 0) is 67.3 Å². The fourth-order valence-corrected chi connectivity index (χ4v) is 5.92. The quantitative estimate of drug-likeness (QED) is 0.555. The van der Waals surface area contributed by atoms with Crippen molar-refractivity contribution in [2.24, 2.45) is 28.8 Å². The number of benzene rings is 2. The molecule has 2 unspecified atom stereocenters. The van der Waals surface area contributed by atoms with E-state index in [9.17, 15) is 18.0 Å². The molecule has 5 nitrogen and oxygen atoms in total. The van der Waals surface area contributed by atoms with Crippen LogP contribution in [-0.2, 0) is 11.3 Å². The Hall–Kier alpha value is -3.16. The molecule has 33 heavy (non-hydrogen) atoms. The SMILES string of the molecule is O=C([C@H]1CC(Cn2ncc3c(F)cccc32)C2CC1C2)N1N=CCC1c1cc(F)ccc1F. The van der Waals surface area contributed by atoms with Gasteiger partial charge in [0.05, 0.1) is 23.1 Å². The Bertz CT molecular complexity index is 1270. The maximum absolute atomic E-state index is 14.4. The van der Waals surface area contributed by atoms with Crippen LogP contribution in [0.1, 0.15) is 37.3 Å². The summed E-state index contributed by atoms with van der Waals surface area (Å²) in [7, 11) is 0. The van der Waals surface area contributed by atoms with Crippen molar-refractivity contribution in [3.8, 4) is 0 Å². The second-order valence-electron chi connectivity index (χ2n) is 9.49. The van der Waals surface area contributed by atoms with Crippen LogP contribution in [0.5, 0.6) is 0 Å². The first-order valence-corrected chi connectivity index (χ1v) is 11.4. The Labute approximate surface area is 188 Å². The fraction of sp³-hybridized carbons (Fsp3) is 0.400. The number of hydrogen-bond donors (Lipinski definition) is 0. The zero-order valence-electron chi connectivity index (χ0n) is 17.9. The maximum atomic E-state index is 14.4. The first-order chi connectivity index (χ1) is 16.0. The standard InChI is InChI=1S/C25H23F3N4O/c26-17-4-5-22(28)19(11-17)24-6-7-29-32(24)25(33)18-10-16(14-8-15(18)9-14)13-31-23-3-1-2-21(27)20(23)12-30-31/h1-5,7,11-12,14-16,18,24H,6,8-10,13H2/t14?,15?,16?,18-,24?/m0/s1. The molecular weight excluding hydrogens is 429 g/mol. The molecule has 4 aliphatic rings. The zero-order valence-corrected chi connectivity index (χ0v) is 17.9. The van der Waals surface area contributed by atoms with Crippen molar-refractivity contribution in [1.82, 2.24) is 14.8 Å². The molecule has 3 aromatic rings. The second kappa shape index (κ2) is 7.71. The van der Waals surface area contributed by atoms with Gasteiger partial charge in [-0.25, -0.2) is 18.2 Å². The minimum Gasteiger partial charge on any atom is -0.273 e. The zero-order chi connectivity index (χ0) is 22.7. The van der Waals surface area contributed by atoms with Gasteiger partial charge in [0.25, 0.3) is 0 Å². The average molecular weight is 452 g/mol. The average Bonchev–Trinajstić information content (AvgIpc) is 3.42. The normalized spacial score (nSPS) is 28.3. The molecule has 1 aliphatic heterocycles. The molecular formula is C25H23F3N4O. The van der Waals surface area contributed by atoms with Crippen molar-refractivity contribution < 1.29 is 18.0 Å². The van der Waals surface area contributed by atoms with Gasteiger partial charge in [0.2, 0.25) is 5.91 Å². The number of amides is 1. The third kappa shape index (κ3) is 3.34. The molecule has 2 heterocycles. The van der Waals surface area contributed by atoms with E-state index < -0.39 is 17.7 Å². The van der Waals surface area contributed by atoms with Crippen molar-refractivity contribution in [3.05, 3.63) is 65.6 Å². The van der Waals surface area contributed by atoms with Crippen LogP contribution in [0.2, 0.25) is 0 Å². The van der Waals surface area contributed by atoms with E-state index in [0.29, 0.717) is 36.6 Å². The molecule has 0 radical (unpaired) electrons. The van der Waals surface area contributed by atoms with Gasteiger partial charge in [0.1, 0.15) is 17.5 Å². The third-order valence-corrected chi connectivity index (χ3v) is 7.74. The molecule has 0 N–H and O–H groups in total. The van der Waals surface area contributed by atoms with Gasteiger partial charge in [-0.3, -0.25) is 9.48 Å². The van der Waals surface area contributed by atoms with E-state index in [-0.39, 0.29) is 29.1 Å². The molecule has 3 fully saturated rings. The van der Waals surface area contributed by atoms with Gasteiger partial charge in [0.15, 0.2) is 0 Å². The molecule has 1 amide bonds. The number of halogens is 3. The number of carbonyl (C=O) groups is 1. The molecule has 0 spiro atoms. The van der Waals surface area contributed by atoms with Crippen LogP contribution < -0.4 is 0 Å². The monoisotopic (exact) mass is 452 g/mol. The summed E-state index contributed by atoms with van der Waals surface area (Å²) in [5, 5.41) is 10.5. The summed E-state index contributed by atoms with van der Waals surface area (Å²) in [6.07, 6.45) is 6.13. The molecule has 2 bridgehead atoms. The Balaban J connectivity index is 1.22. The van der Waals surface area contributed by atoms with Crippen molar-refractivity contribution >= 4 is 23.0 Å². The topological polar surface area (TPSA) is 50.5 Å². The summed E-state index contributed by atoms with van der Waals surface area (Å²) >= 11 is 0. The molecule has 8 heteroatoms. The molecule has 1 aromatic heterocycles. The highest BCUT2D eigenvalue weighted by Crippen LogP contribution is 2.53. The minimum atomic E-state index is -0.623. The number of rotatable bonds is 4. The molecule has 3 aliphatic carbocycles. The van der Waals surface area contributed by atoms with E-state index in [1.807, 2.05) is 10.7 Å². The Morgan fingerprint density at radius 1 is 1.03 bits per heavy atom. The van der Waals surface area contributed by atoms with Crippen molar-refractivity contribution in [3.63, 3.8) is 0 Å². The Morgan fingerprint density at radius 3 is 2.73 bits per heavy atom. The molecule has 7 rings (SSSR count). The number of carbonyl (C=O) groups excluding carboxylic acids is 1. The van der Waals surface area contributed by atoms with Crippen molar-refractivity contribution in [1.29, 1.82) is 0 Å². The summed E-state index contributed by atoms with van der Waals surface area (Å²) in [5.74, 6) is -0.645. The summed E-state index contributed by atoms with van der Waals surface area (Å²) in [6, 6.07) is 7.66. The van der Waals surface area contributed by atoms with Crippen LogP contribution in [0.15, 0.2) is 47.7 Å². The van der Waals surface area contributed by atoms with Gasteiger partial charge < -0.3 is 0 Å². The lowest BCUT2D eigenvalue weighted by Gasteiger charge is -2.51. The van der Waals surface area contributed by atoms with Crippen LogP contribution in [0.3, 0.4) is 0 Å². The van der Waals surface area contributed by atoms with Crippen LogP contribution in [0.25, 0.3) is 10.9 Å². The number of fused-ring (bicyclic) bond motifs is 3. The van der Waals surface area contributed by atoms with Crippen molar-refractivity contribution in [2.45, 2.75) is 38.3 Å². The smallest absolute Gasteiger partial charge is 0.246 e. The first kappa shape index (κ1) is 20.4. The highest BCUT2D eigenvalue weighted by molar-refractivity contribution is 5.82. The van der Waals surface area contributed by atoms with E-state index in [0.717, 1.165) is 36.6 Å². The third-order valence-electron chi connectivity index (χ3n) is 7.74. The molecule has 3 atom stereocenters. The summed E-state index contributed by atoms with van der Waals surface area (Å²) < 4.78 is 44.1. The lowest BCUT2D eigenvalue weighted by Crippen LogP contribution is -2.49. The Morgan fingerprint density at radius 2 is 1.88 bits per heavy atom. The molecule has 170 valence electrons. The van der Waals surface area contributed by atoms with Gasteiger partial charge in [-0.2, -0.15) is 10.2 Å².